The minimum atomic E-state index is 0.650. The highest BCUT2D eigenvalue weighted by molar-refractivity contribution is 5.33. The standard InChI is InChI=1S/C16H25N/c1-12(2)8-9-13(3)17-16-10-14-6-4-5-7-15(14)11-16/h4-7,12-13,16-17H,8-11H2,1-3H3. The molecule has 0 fully saturated rings. The van der Waals surface area contributed by atoms with E-state index in [1.54, 1.807) is 11.1 Å². The Kier molecular flexibility index (Phi) is 4.22. The molecule has 2 rings (SSSR count). The molecule has 17 heavy (non-hydrogen) atoms. The maximum absolute atomic E-state index is 3.78. The maximum atomic E-state index is 3.78. The van der Waals surface area contributed by atoms with Gasteiger partial charge in [0.25, 0.3) is 0 Å². The molecule has 0 aliphatic heterocycles. The second-order valence-corrected chi connectivity index (χ2v) is 5.91. The van der Waals surface area contributed by atoms with Gasteiger partial charge >= 0.3 is 0 Å². The van der Waals surface area contributed by atoms with Crippen LogP contribution >= 0.6 is 0 Å². The van der Waals surface area contributed by atoms with E-state index in [2.05, 4.69) is 50.4 Å². The van der Waals surface area contributed by atoms with Gasteiger partial charge in [0, 0.05) is 12.1 Å². The van der Waals surface area contributed by atoms with Crippen LogP contribution in [0.5, 0.6) is 0 Å². The molecule has 94 valence electrons. The van der Waals surface area contributed by atoms with Crippen LogP contribution < -0.4 is 5.32 Å². The molecule has 0 amide bonds. The second-order valence-electron chi connectivity index (χ2n) is 5.91. The molecule has 1 aromatic rings. The summed E-state index contributed by atoms with van der Waals surface area (Å²) in [6, 6.07) is 10.2. The molecule has 1 aliphatic carbocycles. The molecule has 0 spiro atoms. The number of hydrogen-bond donors (Lipinski definition) is 1. The van der Waals surface area contributed by atoms with Gasteiger partial charge in [0.2, 0.25) is 0 Å². The molecule has 0 aromatic heterocycles. The van der Waals surface area contributed by atoms with E-state index >= 15 is 0 Å². The van der Waals surface area contributed by atoms with Gasteiger partial charge in [-0.05, 0) is 49.7 Å². The summed E-state index contributed by atoms with van der Waals surface area (Å²) in [6.07, 6.45) is 5.04. The van der Waals surface area contributed by atoms with Gasteiger partial charge < -0.3 is 5.32 Å². The zero-order valence-electron chi connectivity index (χ0n) is 11.4. The second kappa shape index (κ2) is 5.68. The number of hydrogen-bond acceptors (Lipinski definition) is 1. The van der Waals surface area contributed by atoms with Gasteiger partial charge in [0.05, 0.1) is 0 Å². The molecule has 1 aliphatic rings. The third-order valence-electron chi connectivity index (χ3n) is 3.75. The largest absolute Gasteiger partial charge is 0.311 e. The van der Waals surface area contributed by atoms with Crippen molar-refractivity contribution in [3.63, 3.8) is 0 Å². The lowest BCUT2D eigenvalue weighted by Gasteiger charge is -2.20. The van der Waals surface area contributed by atoms with E-state index in [1.165, 1.54) is 25.7 Å². The van der Waals surface area contributed by atoms with Gasteiger partial charge in [-0.25, -0.2) is 0 Å². The third kappa shape index (κ3) is 3.57. The Hall–Kier alpha value is -0.820. The van der Waals surface area contributed by atoms with Gasteiger partial charge in [0.15, 0.2) is 0 Å². The Morgan fingerprint density at radius 1 is 1.06 bits per heavy atom. The molecule has 1 N–H and O–H groups in total. The molecule has 1 atom stereocenters. The Morgan fingerprint density at radius 2 is 1.65 bits per heavy atom. The highest BCUT2D eigenvalue weighted by Crippen LogP contribution is 2.22. The molecular weight excluding hydrogens is 206 g/mol. The zero-order valence-corrected chi connectivity index (χ0v) is 11.4. The van der Waals surface area contributed by atoms with Crippen LogP contribution in [0.2, 0.25) is 0 Å². The summed E-state index contributed by atoms with van der Waals surface area (Å²) in [6.45, 7) is 6.93. The summed E-state index contributed by atoms with van der Waals surface area (Å²) in [5.74, 6) is 0.819. The van der Waals surface area contributed by atoms with Gasteiger partial charge in [-0.2, -0.15) is 0 Å². The monoisotopic (exact) mass is 231 g/mol. The quantitative estimate of drug-likeness (QED) is 0.817. The summed E-state index contributed by atoms with van der Waals surface area (Å²) in [5, 5.41) is 3.78. The van der Waals surface area contributed by atoms with Crippen LogP contribution in [0.25, 0.3) is 0 Å². The third-order valence-corrected chi connectivity index (χ3v) is 3.75. The van der Waals surface area contributed by atoms with Gasteiger partial charge in [-0.3, -0.25) is 0 Å². The smallest absolute Gasteiger partial charge is 0.0150 e. The van der Waals surface area contributed by atoms with E-state index in [0.29, 0.717) is 12.1 Å². The molecule has 0 heterocycles. The van der Waals surface area contributed by atoms with Crippen molar-refractivity contribution >= 4 is 0 Å². The Labute approximate surface area is 106 Å². The highest BCUT2D eigenvalue weighted by Gasteiger charge is 2.21. The molecule has 0 radical (unpaired) electrons. The van der Waals surface area contributed by atoms with Crippen molar-refractivity contribution in [1.82, 2.24) is 5.32 Å². The fourth-order valence-electron chi connectivity index (χ4n) is 2.75. The number of rotatable bonds is 5. The Bertz CT molecular complexity index is 331. The lowest BCUT2D eigenvalue weighted by Crippen LogP contribution is -2.37. The predicted molar refractivity (Wildman–Crippen MR) is 74.3 cm³/mol. The fourth-order valence-corrected chi connectivity index (χ4v) is 2.75. The van der Waals surface area contributed by atoms with Crippen LogP contribution in [-0.4, -0.2) is 12.1 Å². The Morgan fingerprint density at radius 3 is 2.18 bits per heavy atom. The van der Waals surface area contributed by atoms with Crippen molar-refractivity contribution in [3.05, 3.63) is 35.4 Å². The minimum absolute atomic E-state index is 0.650. The molecule has 0 bridgehead atoms. The van der Waals surface area contributed by atoms with Crippen molar-refractivity contribution in [1.29, 1.82) is 0 Å². The SMILES string of the molecule is CC(C)CCC(C)NC1Cc2ccccc2C1. The average molecular weight is 231 g/mol. The van der Waals surface area contributed by atoms with E-state index in [0.717, 1.165) is 5.92 Å². The summed E-state index contributed by atoms with van der Waals surface area (Å²) >= 11 is 0. The molecule has 1 heteroatoms. The van der Waals surface area contributed by atoms with Crippen LogP contribution in [0.3, 0.4) is 0 Å². The first-order valence-electron chi connectivity index (χ1n) is 6.98. The molecule has 1 nitrogen and oxygen atoms in total. The lowest BCUT2D eigenvalue weighted by atomic mass is 10.0. The van der Waals surface area contributed by atoms with Crippen LogP contribution in [0.4, 0.5) is 0 Å². The maximum Gasteiger partial charge on any atom is 0.0150 e. The number of fused-ring (bicyclic) bond motifs is 1. The minimum Gasteiger partial charge on any atom is -0.311 e. The fraction of sp³-hybridized carbons (Fsp3) is 0.625. The van der Waals surface area contributed by atoms with Crippen LogP contribution in [0.1, 0.15) is 44.7 Å². The van der Waals surface area contributed by atoms with Crippen LogP contribution in [-0.2, 0) is 12.8 Å². The first-order chi connectivity index (χ1) is 8.15. The lowest BCUT2D eigenvalue weighted by molar-refractivity contribution is 0.404. The summed E-state index contributed by atoms with van der Waals surface area (Å²) in [4.78, 5) is 0. The van der Waals surface area contributed by atoms with E-state index in [-0.39, 0.29) is 0 Å². The number of benzene rings is 1. The van der Waals surface area contributed by atoms with Crippen molar-refractivity contribution in [2.75, 3.05) is 0 Å². The topological polar surface area (TPSA) is 12.0 Å². The van der Waals surface area contributed by atoms with Gasteiger partial charge in [-0.15, -0.1) is 0 Å². The first kappa shape index (κ1) is 12.6. The highest BCUT2D eigenvalue weighted by atomic mass is 14.9. The normalized spacial score (nSPS) is 17.4. The van der Waals surface area contributed by atoms with Gasteiger partial charge in [0.1, 0.15) is 0 Å². The molecule has 0 saturated carbocycles. The van der Waals surface area contributed by atoms with E-state index < -0.39 is 0 Å². The van der Waals surface area contributed by atoms with Crippen molar-refractivity contribution < 1.29 is 0 Å². The molecule has 0 saturated heterocycles. The zero-order chi connectivity index (χ0) is 12.3. The summed E-state index contributed by atoms with van der Waals surface area (Å²) in [7, 11) is 0. The molecule has 1 aromatic carbocycles. The first-order valence-corrected chi connectivity index (χ1v) is 6.98. The Balaban J connectivity index is 1.79. The summed E-state index contributed by atoms with van der Waals surface area (Å²) < 4.78 is 0. The van der Waals surface area contributed by atoms with Crippen molar-refractivity contribution in [2.45, 2.75) is 58.5 Å². The van der Waals surface area contributed by atoms with E-state index in [9.17, 15) is 0 Å². The summed E-state index contributed by atoms with van der Waals surface area (Å²) in [5.41, 5.74) is 3.09. The molecule has 1 unspecified atom stereocenters. The van der Waals surface area contributed by atoms with Crippen LogP contribution in [0.15, 0.2) is 24.3 Å². The number of nitrogens with one attached hydrogen (secondary N) is 1. The van der Waals surface area contributed by atoms with E-state index in [1.807, 2.05) is 0 Å². The predicted octanol–water partition coefficient (Wildman–Crippen LogP) is 3.57. The van der Waals surface area contributed by atoms with Crippen LogP contribution in [0, 0.1) is 5.92 Å². The average Bonchev–Trinajstić information content (AvgIpc) is 2.68. The van der Waals surface area contributed by atoms with Gasteiger partial charge in [-0.1, -0.05) is 38.1 Å². The van der Waals surface area contributed by atoms with E-state index in [4.69, 9.17) is 0 Å². The van der Waals surface area contributed by atoms with Crippen molar-refractivity contribution in [2.24, 2.45) is 5.92 Å². The molecular formula is C16H25N. The van der Waals surface area contributed by atoms with Crippen molar-refractivity contribution in [3.8, 4) is 0 Å².